The number of thiophene rings is 1. The maximum Gasteiger partial charge on any atom is 0.253 e. The molecule has 2 saturated heterocycles. The van der Waals surface area contributed by atoms with Crippen molar-refractivity contribution in [3.63, 3.8) is 0 Å². The Morgan fingerprint density at radius 3 is 2.68 bits per heavy atom. The number of fused-ring (bicyclic) bond motifs is 1. The molecule has 2 aliphatic rings. The van der Waals surface area contributed by atoms with Gasteiger partial charge in [0.2, 0.25) is 5.91 Å². The molecule has 1 unspecified atom stereocenters. The van der Waals surface area contributed by atoms with Gasteiger partial charge in [0.15, 0.2) is 5.13 Å². The summed E-state index contributed by atoms with van der Waals surface area (Å²) < 4.78 is 35.1. The van der Waals surface area contributed by atoms with E-state index in [2.05, 4.69) is 4.90 Å². The molecule has 0 N–H and O–H groups in total. The third-order valence-corrected chi connectivity index (χ3v) is 11.9. The van der Waals surface area contributed by atoms with Crippen LogP contribution in [0.4, 0.5) is 5.13 Å². The van der Waals surface area contributed by atoms with Crippen LogP contribution in [0.1, 0.15) is 24.8 Å². The molecular weight excluding hydrogens is 575 g/mol. The lowest BCUT2D eigenvalue weighted by Crippen LogP contribution is -2.48. The van der Waals surface area contributed by atoms with E-state index in [0.717, 1.165) is 53.2 Å². The number of thiazole rings is 1. The lowest BCUT2D eigenvalue weighted by atomic mass is 10.2. The summed E-state index contributed by atoms with van der Waals surface area (Å²) in [5.74, 6) is -0.242. The van der Waals surface area contributed by atoms with Crippen molar-refractivity contribution in [1.29, 1.82) is 0 Å². The van der Waals surface area contributed by atoms with Crippen molar-refractivity contribution in [2.45, 2.75) is 36.4 Å². The zero-order valence-corrected chi connectivity index (χ0v) is 24.3. The fourth-order valence-electron chi connectivity index (χ4n) is 4.79. The molecule has 3 aromatic rings. The Morgan fingerprint density at radius 2 is 1.95 bits per heavy atom. The van der Waals surface area contributed by atoms with E-state index in [1.165, 1.54) is 21.7 Å². The first-order valence-corrected chi connectivity index (χ1v) is 16.0. The molecule has 2 fully saturated rings. The van der Waals surface area contributed by atoms with Crippen LogP contribution in [0, 0.1) is 6.92 Å². The average Bonchev–Trinajstić information content (AvgIpc) is 3.64. The van der Waals surface area contributed by atoms with Gasteiger partial charge in [-0.05, 0) is 56.0 Å². The number of amides is 1. The van der Waals surface area contributed by atoms with Gasteiger partial charge in [-0.15, -0.1) is 11.3 Å². The third-order valence-electron chi connectivity index (χ3n) is 6.79. The molecule has 2 aliphatic heterocycles. The van der Waals surface area contributed by atoms with Gasteiger partial charge in [-0.2, -0.15) is 4.31 Å². The highest BCUT2D eigenvalue weighted by atomic mass is 35.5. The topological polar surface area (TPSA) is 83.0 Å². The van der Waals surface area contributed by atoms with Crippen LogP contribution in [0.25, 0.3) is 10.2 Å². The Hall–Kier alpha value is -1.31. The van der Waals surface area contributed by atoms with E-state index in [1.807, 2.05) is 19.1 Å². The second kappa shape index (κ2) is 11.4. The van der Waals surface area contributed by atoms with Crippen LogP contribution in [0.3, 0.4) is 0 Å². The quantitative estimate of drug-likeness (QED) is 0.365. The molecule has 0 spiro atoms. The molecule has 1 aromatic carbocycles. The van der Waals surface area contributed by atoms with Gasteiger partial charge in [-0.25, -0.2) is 13.4 Å². The van der Waals surface area contributed by atoms with Gasteiger partial charge in [0.05, 0.1) is 27.8 Å². The van der Waals surface area contributed by atoms with Gasteiger partial charge >= 0.3 is 0 Å². The molecule has 4 heterocycles. The van der Waals surface area contributed by atoms with Crippen molar-refractivity contribution in [1.82, 2.24) is 14.2 Å². The van der Waals surface area contributed by atoms with Crippen LogP contribution < -0.4 is 4.90 Å². The van der Waals surface area contributed by atoms with Crippen LogP contribution in [-0.2, 0) is 19.6 Å². The van der Waals surface area contributed by atoms with E-state index in [4.69, 9.17) is 32.9 Å². The Kier molecular flexibility index (Phi) is 8.42. The number of aromatic nitrogens is 1. The van der Waals surface area contributed by atoms with Crippen LogP contribution >= 0.6 is 45.9 Å². The zero-order valence-electron chi connectivity index (χ0n) is 20.4. The Morgan fingerprint density at radius 1 is 1.16 bits per heavy atom. The van der Waals surface area contributed by atoms with Crippen molar-refractivity contribution in [2.24, 2.45) is 0 Å². The summed E-state index contributed by atoms with van der Waals surface area (Å²) in [6, 6.07) is 6.03. The Labute approximate surface area is 234 Å². The van der Waals surface area contributed by atoms with Gasteiger partial charge < -0.3 is 4.74 Å². The molecule has 13 heteroatoms. The van der Waals surface area contributed by atoms with E-state index in [9.17, 15) is 13.2 Å². The predicted molar refractivity (Wildman–Crippen MR) is 150 cm³/mol. The number of ether oxygens (including phenoxy) is 1. The lowest BCUT2D eigenvalue weighted by Gasteiger charge is -2.30. The number of hydrogen-bond donors (Lipinski definition) is 0. The number of benzene rings is 1. The van der Waals surface area contributed by atoms with Crippen LogP contribution in [0.2, 0.25) is 9.36 Å². The Bertz CT molecular complexity index is 1390. The first-order valence-electron chi connectivity index (χ1n) is 12.2. The summed E-state index contributed by atoms with van der Waals surface area (Å²) in [6.07, 6.45) is 1.82. The Balaban J connectivity index is 1.43. The number of rotatable bonds is 8. The number of nitrogens with zero attached hydrogens (tertiary/aromatic N) is 4. The summed E-state index contributed by atoms with van der Waals surface area (Å²) in [5, 5.41) is 1.19. The molecule has 1 atom stereocenters. The minimum Gasteiger partial charge on any atom is -0.379 e. The molecule has 5 rings (SSSR count). The normalized spacial score (nSPS) is 19.6. The number of anilines is 1. The summed E-state index contributed by atoms with van der Waals surface area (Å²) in [7, 11) is -3.84. The number of carbonyl (C=O) groups excluding carboxylic acids is 1. The maximum atomic E-state index is 14.1. The fraction of sp³-hybridized carbons (Fsp3) is 0.500. The van der Waals surface area contributed by atoms with Crippen molar-refractivity contribution < 1.29 is 17.9 Å². The number of hydrogen-bond acceptors (Lipinski definition) is 8. The standard InChI is InChI=1S/C24H28Cl2N4O4S3/c1-16-17(25)5-6-19-22(16)27-24(35-19)29(10-3-9-28-12-14-34-15-13-28)23(31)18-4-2-11-30(18)37(32,33)21-8-7-20(26)36-21/h5-8,18H,2-4,9-15H2,1H3. The van der Waals surface area contributed by atoms with Gasteiger partial charge in [0.1, 0.15) is 10.3 Å². The van der Waals surface area contributed by atoms with Gasteiger partial charge in [0.25, 0.3) is 10.0 Å². The van der Waals surface area contributed by atoms with Crippen molar-refractivity contribution in [3.05, 3.63) is 39.2 Å². The van der Waals surface area contributed by atoms with Crippen LogP contribution in [-0.4, -0.2) is 80.5 Å². The first kappa shape index (κ1) is 27.3. The molecule has 0 aliphatic carbocycles. The molecule has 8 nitrogen and oxygen atoms in total. The molecule has 37 heavy (non-hydrogen) atoms. The fourth-order valence-corrected chi connectivity index (χ4v) is 9.26. The molecular formula is C24H28Cl2N4O4S3. The van der Waals surface area contributed by atoms with Gasteiger partial charge in [-0.3, -0.25) is 14.6 Å². The van der Waals surface area contributed by atoms with E-state index < -0.39 is 16.1 Å². The van der Waals surface area contributed by atoms with E-state index in [-0.39, 0.29) is 10.1 Å². The van der Waals surface area contributed by atoms with Crippen molar-refractivity contribution in [3.8, 4) is 0 Å². The summed E-state index contributed by atoms with van der Waals surface area (Å²) in [4.78, 5) is 22.9. The van der Waals surface area contributed by atoms with E-state index in [0.29, 0.717) is 53.6 Å². The van der Waals surface area contributed by atoms with Crippen molar-refractivity contribution in [2.75, 3.05) is 50.8 Å². The number of aryl methyl sites for hydroxylation is 1. The molecule has 200 valence electrons. The van der Waals surface area contributed by atoms with Crippen LogP contribution in [0.15, 0.2) is 28.5 Å². The monoisotopic (exact) mass is 602 g/mol. The summed E-state index contributed by atoms with van der Waals surface area (Å²) in [6.45, 7) is 6.63. The molecule has 0 saturated carbocycles. The third kappa shape index (κ3) is 5.69. The second-order valence-electron chi connectivity index (χ2n) is 9.15. The van der Waals surface area contributed by atoms with Crippen LogP contribution in [0.5, 0.6) is 0 Å². The highest BCUT2D eigenvalue weighted by Crippen LogP contribution is 2.36. The van der Waals surface area contributed by atoms with E-state index in [1.54, 1.807) is 11.0 Å². The summed E-state index contributed by atoms with van der Waals surface area (Å²) >= 11 is 14.8. The number of halogens is 2. The second-order valence-corrected chi connectivity index (χ2v) is 14.4. The van der Waals surface area contributed by atoms with E-state index >= 15 is 0 Å². The lowest BCUT2D eigenvalue weighted by molar-refractivity contribution is -0.121. The molecule has 1 amide bonds. The first-order chi connectivity index (χ1) is 17.8. The number of carbonyl (C=O) groups is 1. The summed E-state index contributed by atoms with van der Waals surface area (Å²) in [5.41, 5.74) is 1.63. The smallest absolute Gasteiger partial charge is 0.253 e. The molecule has 0 radical (unpaired) electrons. The predicted octanol–water partition coefficient (Wildman–Crippen LogP) is 4.88. The van der Waals surface area contributed by atoms with Gasteiger partial charge in [0, 0.05) is 37.7 Å². The van der Waals surface area contributed by atoms with Gasteiger partial charge in [-0.1, -0.05) is 34.5 Å². The maximum absolute atomic E-state index is 14.1. The molecule has 0 bridgehead atoms. The highest BCUT2D eigenvalue weighted by Gasteiger charge is 2.42. The highest BCUT2D eigenvalue weighted by molar-refractivity contribution is 7.91. The average molecular weight is 604 g/mol. The molecule has 2 aromatic heterocycles. The van der Waals surface area contributed by atoms with Crippen molar-refractivity contribution >= 4 is 77.2 Å². The minimum atomic E-state index is -3.84. The largest absolute Gasteiger partial charge is 0.379 e. The SMILES string of the molecule is Cc1c(Cl)ccc2sc(N(CCCN3CCOCC3)C(=O)C3CCCN3S(=O)(=O)c3ccc(Cl)s3)nc12. The minimum absolute atomic E-state index is 0.154. The zero-order chi connectivity index (χ0) is 26.2. The number of morpholine rings is 1. The number of sulfonamides is 1.